The van der Waals surface area contributed by atoms with Gasteiger partial charge in [0.2, 0.25) is 0 Å². The molecule has 1 aliphatic heterocycles. The first-order chi connectivity index (χ1) is 7.19. The van der Waals surface area contributed by atoms with Crippen molar-refractivity contribution in [2.75, 3.05) is 33.4 Å². The van der Waals surface area contributed by atoms with Gasteiger partial charge in [-0.2, -0.15) is 0 Å². The van der Waals surface area contributed by atoms with Crippen molar-refractivity contribution in [2.45, 2.75) is 38.5 Å². The maximum absolute atomic E-state index is 5.86. The molecule has 2 N–H and O–H groups in total. The molecule has 4 nitrogen and oxygen atoms in total. The highest BCUT2D eigenvalue weighted by Crippen LogP contribution is 2.13. The van der Waals surface area contributed by atoms with Crippen LogP contribution in [0.5, 0.6) is 0 Å². The zero-order valence-corrected chi connectivity index (χ0v) is 10.1. The van der Waals surface area contributed by atoms with Crippen LogP contribution in [0.2, 0.25) is 0 Å². The lowest BCUT2D eigenvalue weighted by Gasteiger charge is -2.39. The number of hydrogen-bond acceptors (Lipinski definition) is 4. The van der Waals surface area contributed by atoms with Crippen molar-refractivity contribution in [3.8, 4) is 0 Å². The van der Waals surface area contributed by atoms with Crippen LogP contribution in [0.15, 0.2) is 0 Å². The van der Waals surface area contributed by atoms with E-state index in [2.05, 4.69) is 11.8 Å². The van der Waals surface area contributed by atoms with Crippen LogP contribution in [-0.2, 0) is 9.47 Å². The molecule has 4 heteroatoms. The molecule has 0 radical (unpaired) electrons. The summed E-state index contributed by atoms with van der Waals surface area (Å²) in [5, 5.41) is 0. The highest BCUT2D eigenvalue weighted by atomic mass is 16.5. The zero-order chi connectivity index (χ0) is 11.3. The lowest BCUT2D eigenvalue weighted by atomic mass is 10.1. The normalized spacial score (nSPS) is 27.6. The Balaban J connectivity index is 2.46. The van der Waals surface area contributed by atoms with Crippen LogP contribution in [0.25, 0.3) is 0 Å². The van der Waals surface area contributed by atoms with Gasteiger partial charge in [0.15, 0.2) is 0 Å². The molecule has 1 heterocycles. The van der Waals surface area contributed by atoms with Gasteiger partial charge in [0.25, 0.3) is 0 Å². The van der Waals surface area contributed by atoms with E-state index in [1.807, 2.05) is 6.92 Å². The van der Waals surface area contributed by atoms with E-state index in [1.54, 1.807) is 7.11 Å². The molecule has 3 atom stereocenters. The zero-order valence-electron chi connectivity index (χ0n) is 10.1. The predicted molar refractivity (Wildman–Crippen MR) is 60.9 cm³/mol. The van der Waals surface area contributed by atoms with Crippen LogP contribution in [0, 0.1) is 0 Å². The smallest absolute Gasteiger partial charge is 0.0850 e. The molecular formula is C11H24N2O2. The molecule has 90 valence electrons. The van der Waals surface area contributed by atoms with E-state index in [-0.39, 0.29) is 12.1 Å². The van der Waals surface area contributed by atoms with Gasteiger partial charge < -0.3 is 15.2 Å². The largest absolute Gasteiger partial charge is 0.383 e. The third-order valence-corrected chi connectivity index (χ3v) is 3.06. The first-order valence-corrected chi connectivity index (χ1v) is 5.79. The molecule has 0 aromatic heterocycles. The Hall–Kier alpha value is -0.160. The van der Waals surface area contributed by atoms with E-state index in [9.17, 15) is 0 Å². The average molecular weight is 216 g/mol. The second-order valence-electron chi connectivity index (χ2n) is 4.28. The standard InChI is InChI=1S/C11H24N2O2/c1-4-10(8-14-3)13-5-6-15-11(7-13)9(2)12/h9-11H,4-8,12H2,1-3H3. The average Bonchev–Trinajstić information content (AvgIpc) is 2.26. The van der Waals surface area contributed by atoms with Crippen molar-refractivity contribution < 1.29 is 9.47 Å². The number of nitrogens with zero attached hydrogens (tertiary/aromatic N) is 1. The van der Waals surface area contributed by atoms with Crippen molar-refractivity contribution in [3.05, 3.63) is 0 Å². The summed E-state index contributed by atoms with van der Waals surface area (Å²) in [5.74, 6) is 0. The van der Waals surface area contributed by atoms with Crippen LogP contribution in [0.1, 0.15) is 20.3 Å². The number of morpholine rings is 1. The van der Waals surface area contributed by atoms with Crippen molar-refractivity contribution in [1.82, 2.24) is 4.90 Å². The van der Waals surface area contributed by atoms with Gasteiger partial charge in [-0.25, -0.2) is 0 Å². The van der Waals surface area contributed by atoms with E-state index in [4.69, 9.17) is 15.2 Å². The summed E-state index contributed by atoms with van der Waals surface area (Å²) in [6.07, 6.45) is 1.28. The molecule has 0 aromatic carbocycles. The SMILES string of the molecule is CCC(COC)N1CCOC(C(C)N)C1. The minimum Gasteiger partial charge on any atom is -0.383 e. The van der Waals surface area contributed by atoms with Gasteiger partial charge in [-0.15, -0.1) is 0 Å². The van der Waals surface area contributed by atoms with Gasteiger partial charge in [-0.3, -0.25) is 4.90 Å². The second-order valence-corrected chi connectivity index (χ2v) is 4.28. The van der Waals surface area contributed by atoms with E-state index < -0.39 is 0 Å². The van der Waals surface area contributed by atoms with Crippen LogP contribution in [0.3, 0.4) is 0 Å². The molecule has 1 fully saturated rings. The van der Waals surface area contributed by atoms with Gasteiger partial charge in [-0.05, 0) is 13.3 Å². The van der Waals surface area contributed by atoms with Crippen LogP contribution in [0.4, 0.5) is 0 Å². The monoisotopic (exact) mass is 216 g/mol. The molecule has 0 spiro atoms. The lowest BCUT2D eigenvalue weighted by Crippen LogP contribution is -2.53. The maximum Gasteiger partial charge on any atom is 0.0850 e. The molecule has 3 unspecified atom stereocenters. The summed E-state index contributed by atoms with van der Waals surface area (Å²) in [5.41, 5.74) is 5.86. The molecule has 1 saturated heterocycles. The van der Waals surface area contributed by atoms with Crippen LogP contribution in [-0.4, -0.2) is 56.5 Å². The molecular weight excluding hydrogens is 192 g/mol. The van der Waals surface area contributed by atoms with Crippen LogP contribution >= 0.6 is 0 Å². The molecule has 0 amide bonds. The van der Waals surface area contributed by atoms with E-state index in [1.165, 1.54) is 0 Å². The molecule has 1 aliphatic rings. The van der Waals surface area contributed by atoms with Gasteiger partial charge in [-0.1, -0.05) is 6.92 Å². The summed E-state index contributed by atoms with van der Waals surface area (Å²) in [6.45, 7) is 7.70. The molecule has 0 saturated carbocycles. The highest BCUT2D eigenvalue weighted by Gasteiger charge is 2.27. The van der Waals surface area contributed by atoms with Crippen molar-refractivity contribution >= 4 is 0 Å². The van der Waals surface area contributed by atoms with Gasteiger partial charge in [0.05, 0.1) is 19.3 Å². The molecule has 0 aliphatic carbocycles. The number of methoxy groups -OCH3 is 1. The molecule has 15 heavy (non-hydrogen) atoms. The third-order valence-electron chi connectivity index (χ3n) is 3.06. The Labute approximate surface area is 92.7 Å². The Morgan fingerprint density at radius 3 is 2.87 bits per heavy atom. The lowest BCUT2D eigenvalue weighted by molar-refractivity contribution is -0.0613. The fourth-order valence-corrected chi connectivity index (χ4v) is 2.02. The fraction of sp³-hybridized carbons (Fsp3) is 1.00. The molecule has 0 bridgehead atoms. The van der Waals surface area contributed by atoms with E-state index in [0.717, 1.165) is 32.7 Å². The molecule has 0 aromatic rings. The Morgan fingerprint density at radius 2 is 2.33 bits per heavy atom. The maximum atomic E-state index is 5.86. The van der Waals surface area contributed by atoms with Crippen LogP contribution < -0.4 is 5.73 Å². The molecule has 1 rings (SSSR count). The van der Waals surface area contributed by atoms with Gasteiger partial charge >= 0.3 is 0 Å². The first-order valence-electron chi connectivity index (χ1n) is 5.79. The Bertz CT molecular complexity index is 176. The Kier molecular flexibility index (Phi) is 5.53. The van der Waals surface area contributed by atoms with E-state index >= 15 is 0 Å². The first kappa shape index (κ1) is 12.9. The van der Waals surface area contributed by atoms with Crippen molar-refractivity contribution in [2.24, 2.45) is 5.73 Å². The quantitative estimate of drug-likeness (QED) is 0.725. The minimum absolute atomic E-state index is 0.104. The highest BCUT2D eigenvalue weighted by molar-refractivity contribution is 4.81. The Morgan fingerprint density at radius 1 is 1.60 bits per heavy atom. The number of rotatable bonds is 5. The fourth-order valence-electron chi connectivity index (χ4n) is 2.02. The minimum atomic E-state index is 0.104. The van der Waals surface area contributed by atoms with Gasteiger partial charge in [0.1, 0.15) is 0 Å². The summed E-state index contributed by atoms with van der Waals surface area (Å²) >= 11 is 0. The topological polar surface area (TPSA) is 47.7 Å². The van der Waals surface area contributed by atoms with Gasteiger partial charge in [0, 0.05) is 32.3 Å². The number of nitrogens with two attached hydrogens (primary N) is 1. The van der Waals surface area contributed by atoms with Crippen molar-refractivity contribution in [1.29, 1.82) is 0 Å². The number of hydrogen-bond donors (Lipinski definition) is 1. The third kappa shape index (κ3) is 3.72. The predicted octanol–water partition coefficient (Wildman–Crippen LogP) is 0.459. The van der Waals surface area contributed by atoms with E-state index in [0.29, 0.717) is 6.04 Å². The number of ether oxygens (including phenoxy) is 2. The summed E-state index contributed by atoms with van der Waals surface area (Å²) in [4.78, 5) is 2.43. The summed E-state index contributed by atoms with van der Waals surface area (Å²) in [6, 6.07) is 0.605. The summed E-state index contributed by atoms with van der Waals surface area (Å²) in [7, 11) is 1.76. The second kappa shape index (κ2) is 6.43. The van der Waals surface area contributed by atoms with Crippen molar-refractivity contribution in [3.63, 3.8) is 0 Å². The summed E-state index contributed by atoms with van der Waals surface area (Å²) < 4.78 is 10.9.